The molecular weight excluding hydrogens is 425 g/mol. The lowest BCUT2D eigenvalue weighted by Gasteiger charge is -2.42. The lowest BCUT2D eigenvalue weighted by atomic mass is 9.87. The van der Waals surface area contributed by atoms with Crippen molar-refractivity contribution in [2.45, 2.75) is 45.9 Å². The molecule has 3 N–H and O–H groups in total. The molecule has 31 heavy (non-hydrogen) atoms. The predicted molar refractivity (Wildman–Crippen MR) is 113 cm³/mol. The fourth-order valence-electron chi connectivity index (χ4n) is 2.77. The van der Waals surface area contributed by atoms with Crippen LogP contribution in [0.5, 0.6) is 0 Å². The molecule has 0 radical (unpaired) electrons. The quantitative estimate of drug-likeness (QED) is 0.381. The molecule has 172 valence electrons. The maximum absolute atomic E-state index is 12.6. The molecule has 3 atom stereocenters. The Bertz CT molecular complexity index is 831. The van der Waals surface area contributed by atoms with Gasteiger partial charge in [0, 0.05) is 12.0 Å². The van der Waals surface area contributed by atoms with Gasteiger partial charge in [-0.25, -0.2) is 5.09 Å². The summed E-state index contributed by atoms with van der Waals surface area (Å²) in [5.41, 5.74) is 0.132. The summed E-state index contributed by atoms with van der Waals surface area (Å²) in [6.45, 7) is 5.37. The molecule has 1 aliphatic rings. The van der Waals surface area contributed by atoms with Crippen molar-refractivity contribution in [1.29, 1.82) is 5.16 Å². The highest BCUT2D eigenvalue weighted by atomic mass is 31.2. The molecule has 0 bridgehead atoms. The summed E-state index contributed by atoms with van der Waals surface area (Å²) in [5.74, 6) is -1.47. The normalized spacial score (nSPS) is 23.4. The highest BCUT2D eigenvalue weighted by Gasteiger charge is 2.46. The van der Waals surface area contributed by atoms with Gasteiger partial charge in [0.15, 0.2) is 6.10 Å². The van der Waals surface area contributed by atoms with Crippen LogP contribution in [-0.2, 0) is 39.5 Å². The van der Waals surface area contributed by atoms with E-state index < -0.39 is 43.1 Å². The zero-order valence-electron chi connectivity index (χ0n) is 18.2. The third-order valence-corrected chi connectivity index (χ3v) is 6.34. The first kappa shape index (κ1) is 25.0. The molecule has 1 aliphatic heterocycles. The van der Waals surface area contributed by atoms with Gasteiger partial charge in [-0.2, -0.15) is 0 Å². The Morgan fingerprint density at radius 2 is 1.97 bits per heavy atom. The van der Waals surface area contributed by atoms with Gasteiger partial charge in [0.05, 0.1) is 20.1 Å². The Hall–Kier alpha value is -2.26. The third-order valence-electron chi connectivity index (χ3n) is 4.62. The smallest absolute Gasteiger partial charge is 0.323 e. The van der Waals surface area contributed by atoms with E-state index in [-0.39, 0.29) is 26.2 Å². The first-order chi connectivity index (χ1) is 14.6. The zero-order chi connectivity index (χ0) is 23.1. The van der Waals surface area contributed by atoms with E-state index in [0.717, 1.165) is 5.56 Å². The van der Waals surface area contributed by atoms with Gasteiger partial charge in [-0.05, 0) is 12.5 Å². The van der Waals surface area contributed by atoms with Gasteiger partial charge < -0.3 is 19.3 Å². The molecule has 0 aromatic heterocycles. The molecule has 1 heterocycles. The third kappa shape index (κ3) is 7.43. The predicted octanol–water partition coefficient (Wildman–Crippen LogP) is 2.35. The van der Waals surface area contributed by atoms with E-state index >= 15 is 0 Å². The molecule has 1 aromatic carbocycles. The van der Waals surface area contributed by atoms with E-state index in [9.17, 15) is 14.4 Å². The fraction of sp³-hybridized carbons (Fsp3) is 0.550. The number of ether oxygens (including phenoxy) is 2. The second kappa shape index (κ2) is 10.9. The molecule has 1 aromatic rings. The van der Waals surface area contributed by atoms with Crippen molar-refractivity contribution >= 4 is 25.5 Å². The molecule has 2 rings (SSSR count). The number of hydrogen-bond acceptors (Lipinski definition) is 8. The van der Waals surface area contributed by atoms with Gasteiger partial charge in [0.25, 0.3) is 7.66 Å². The fourth-order valence-corrected chi connectivity index (χ4v) is 4.77. The average Bonchev–Trinajstić information content (AvgIpc) is 2.74. The number of esters is 2. The maximum Gasteiger partial charge on any atom is 0.323 e. The minimum atomic E-state index is -3.47. The summed E-state index contributed by atoms with van der Waals surface area (Å²) in [7, 11) is -2.20. The minimum absolute atomic E-state index is 0.0234. The Balaban J connectivity index is 1.94. The van der Waals surface area contributed by atoms with Crippen LogP contribution in [-0.4, -0.2) is 50.3 Å². The van der Waals surface area contributed by atoms with Crippen LogP contribution >= 0.6 is 7.66 Å². The van der Waals surface area contributed by atoms with E-state index in [1.54, 1.807) is 20.8 Å². The largest absolute Gasteiger partial charge is 0.469 e. The van der Waals surface area contributed by atoms with E-state index in [2.05, 4.69) is 15.1 Å². The first-order valence-corrected chi connectivity index (χ1v) is 11.5. The van der Waals surface area contributed by atoms with Crippen LogP contribution in [0, 0.1) is 10.6 Å². The van der Waals surface area contributed by atoms with Gasteiger partial charge in [-0.1, -0.05) is 44.2 Å². The summed E-state index contributed by atoms with van der Waals surface area (Å²) >= 11 is 0. The van der Waals surface area contributed by atoms with Gasteiger partial charge in [0.1, 0.15) is 12.6 Å². The minimum Gasteiger partial charge on any atom is -0.469 e. The van der Waals surface area contributed by atoms with Crippen LogP contribution < -0.4 is 10.4 Å². The van der Waals surface area contributed by atoms with Crippen molar-refractivity contribution in [3.8, 4) is 0 Å². The second-order valence-corrected chi connectivity index (χ2v) is 9.69. The van der Waals surface area contributed by atoms with Gasteiger partial charge in [0.2, 0.25) is 5.91 Å². The summed E-state index contributed by atoms with van der Waals surface area (Å²) in [4.78, 5) is 36.2. The van der Waals surface area contributed by atoms with Crippen LogP contribution in [0.1, 0.15) is 32.8 Å². The molecule has 11 heteroatoms. The van der Waals surface area contributed by atoms with Crippen LogP contribution in [0.15, 0.2) is 30.3 Å². The monoisotopic (exact) mass is 455 g/mol. The van der Waals surface area contributed by atoms with Crippen molar-refractivity contribution < 1.29 is 32.9 Å². The van der Waals surface area contributed by atoms with Crippen molar-refractivity contribution in [3.63, 3.8) is 0 Å². The molecule has 1 saturated heterocycles. The Labute approximate surface area is 182 Å². The zero-order valence-corrected chi connectivity index (χ0v) is 19.1. The van der Waals surface area contributed by atoms with Crippen LogP contribution in [0.25, 0.3) is 0 Å². The molecule has 0 saturated carbocycles. The first-order valence-electron chi connectivity index (χ1n) is 9.86. The molecule has 1 amide bonds. The van der Waals surface area contributed by atoms with Crippen molar-refractivity contribution in [2.24, 2.45) is 5.41 Å². The van der Waals surface area contributed by atoms with Crippen molar-refractivity contribution in [2.75, 3.05) is 20.3 Å². The molecular formula is C20H30N3O7P. The van der Waals surface area contributed by atoms with Gasteiger partial charge in [-0.15, -0.1) is 0 Å². The maximum atomic E-state index is 12.6. The number of carbonyl (C=O) groups is 3. The number of carbonyl (C=O) groups excluding carboxylic acids is 3. The summed E-state index contributed by atoms with van der Waals surface area (Å²) < 4.78 is 21.1. The molecule has 10 nitrogen and oxygen atoms in total. The Morgan fingerprint density at radius 3 is 2.61 bits per heavy atom. The number of rotatable bonds is 9. The van der Waals surface area contributed by atoms with Crippen molar-refractivity contribution in [3.05, 3.63) is 35.9 Å². The van der Waals surface area contributed by atoms with Crippen LogP contribution in [0.4, 0.5) is 0 Å². The van der Waals surface area contributed by atoms with E-state index in [0.29, 0.717) is 0 Å². The van der Waals surface area contributed by atoms with Gasteiger partial charge in [-0.3, -0.25) is 24.1 Å². The summed E-state index contributed by atoms with van der Waals surface area (Å²) in [6, 6.07) is 8.35. The highest BCUT2D eigenvalue weighted by Crippen LogP contribution is 2.54. The van der Waals surface area contributed by atoms with E-state index in [1.165, 1.54) is 7.11 Å². The van der Waals surface area contributed by atoms with Crippen molar-refractivity contribution in [1.82, 2.24) is 10.4 Å². The lowest BCUT2D eigenvalue weighted by Crippen LogP contribution is -2.51. The number of nitrogens with one attached hydrogen (secondary N) is 3. The number of methoxy groups -OCH3 is 1. The summed E-state index contributed by atoms with van der Waals surface area (Å²) in [6.07, 6.45) is -0.972. The highest BCUT2D eigenvalue weighted by molar-refractivity contribution is 7.53. The standard InChI is InChI=1S/C20H30N3O7P/c1-14(19(26)28-12-15-8-6-5-7-9-15)23-31(21)29-13-20(2,3)17(30-31)18(25)22-11-10-16(24)27-4/h5-9,14,17H,10-13H2,1-4H3,(H2,21,23)(H,22,25)/t14-,17-,31?/m0/s1. The Morgan fingerprint density at radius 1 is 1.29 bits per heavy atom. The number of hydrogen-bond donors (Lipinski definition) is 3. The second-order valence-electron chi connectivity index (χ2n) is 7.86. The van der Waals surface area contributed by atoms with E-state index in [4.69, 9.17) is 18.9 Å². The molecule has 0 aliphatic carbocycles. The molecule has 0 spiro atoms. The van der Waals surface area contributed by atoms with Crippen LogP contribution in [0.2, 0.25) is 0 Å². The van der Waals surface area contributed by atoms with Crippen LogP contribution in [0.3, 0.4) is 0 Å². The molecule has 1 unspecified atom stereocenters. The van der Waals surface area contributed by atoms with Gasteiger partial charge >= 0.3 is 11.9 Å². The topological polar surface area (TPSA) is 136 Å². The summed E-state index contributed by atoms with van der Waals surface area (Å²) in [5, 5.41) is 13.9. The SMILES string of the molecule is COC(=O)CCNC(=O)[C@@H]1OP(=N)(N[C@@H](C)C(=O)OCc2ccccc2)OCC1(C)C. The number of amides is 1. The van der Waals surface area contributed by atoms with E-state index in [1.807, 2.05) is 30.3 Å². The average molecular weight is 455 g/mol. The number of benzene rings is 1. The lowest BCUT2D eigenvalue weighted by molar-refractivity contribution is -0.146. The molecule has 1 fully saturated rings. The Kier molecular flexibility index (Phi) is 8.76.